The second-order valence-electron chi connectivity index (χ2n) is 7.23. The van der Waals surface area contributed by atoms with Crippen LogP contribution < -0.4 is 10.2 Å². The van der Waals surface area contributed by atoms with E-state index in [2.05, 4.69) is 21.4 Å². The number of amides is 1. The fraction of sp³-hybridized carbons (Fsp3) is 0.579. The fourth-order valence-corrected chi connectivity index (χ4v) is 3.80. The third kappa shape index (κ3) is 3.05. The number of hydrogen-bond donors (Lipinski definition) is 1. The maximum Gasteiger partial charge on any atom is 0.257 e. The zero-order valence-electron chi connectivity index (χ0n) is 15.5. The lowest BCUT2D eigenvalue weighted by Crippen LogP contribution is -2.45. The van der Waals surface area contributed by atoms with Gasteiger partial charge >= 0.3 is 0 Å². The molecule has 2 fully saturated rings. The topological polar surface area (TPSA) is 68.6 Å². The summed E-state index contributed by atoms with van der Waals surface area (Å²) in [6.45, 7) is 5.60. The number of aryl methyl sites for hydroxylation is 1. The minimum atomic E-state index is -0.782. The molecule has 0 saturated carbocycles. The maximum absolute atomic E-state index is 12.9. The molecule has 0 bridgehead atoms. The van der Waals surface area contributed by atoms with E-state index >= 15 is 0 Å². The molecule has 0 aliphatic carbocycles. The molecule has 3 heterocycles. The summed E-state index contributed by atoms with van der Waals surface area (Å²) in [4.78, 5) is 15.2. The van der Waals surface area contributed by atoms with Gasteiger partial charge in [0.15, 0.2) is 5.82 Å². The summed E-state index contributed by atoms with van der Waals surface area (Å²) in [6.07, 6.45) is 2.75. The Hall–Kier alpha value is -2.12. The summed E-state index contributed by atoms with van der Waals surface area (Å²) >= 11 is 0. The van der Waals surface area contributed by atoms with Gasteiger partial charge < -0.3 is 19.7 Å². The average Bonchev–Trinajstić information content (AvgIpc) is 2.99. The van der Waals surface area contributed by atoms with Crippen molar-refractivity contribution in [2.45, 2.75) is 31.8 Å². The molecular weight excluding hydrogens is 332 g/mol. The Morgan fingerprint density at radius 1 is 1.23 bits per heavy atom. The van der Waals surface area contributed by atoms with Crippen LogP contribution in [0.4, 0.5) is 11.5 Å². The van der Waals surface area contributed by atoms with Crippen LogP contribution >= 0.6 is 0 Å². The van der Waals surface area contributed by atoms with Crippen LogP contribution in [-0.2, 0) is 21.3 Å². The van der Waals surface area contributed by atoms with Crippen molar-refractivity contribution in [1.29, 1.82) is 0 Å². The van der Waals surface area contributed by atoms with Gasteiger partial charge in [0.1, 0.15) is 5.60 Å². The number of anilines is 2. The smallest absolute Gasteiger partial charge is 0.257 e. The lowest BCUT2D eigenvalue weighted by Gasteiger charge is -2.32. The van der Waals surface area contributed by atoms with Gasteiger partial charge in [-0.05, 0) is 38.3 Å². The molecule has 1 atom stereocenters. The van der Waals surface area contributed by atoms with Gasteiger partial charge in [-0.2, -0.15) is 5.10 Å². The molecule has 0 spiro atoms. The molecule has 0 unspecified atom stereocenters. The van der Waals surface area contributed by atoms with E-state index < -0.39 is 5.60 Å². The zero-order valence-corrected chi connectivity index (χ0v) is 15.5. The molecule has 2 aliphatic rings. The predicted molar refractivity (Wildman–Crippen MR) is 101 cm³/mol. The minimum absolute atomic E-state index is 0.117. The van der Waals surface area contributed by atoms with Crippen molar-refractivity contribution in [1.82, 2.24) is 9.78 Å². The van der Waals surface area contributed by atoms with Crippen LogP contribution in [0.5, 0.6) is 0 Å². The molecule has 4 rings (SSSR count). The van der Waals surface area contributed by atoms with Crippen molar-refractivity contribution in [2.24, 2.45) is 7.05 Å². The highest BCUT2D eigenvalue weighted by atomic mass is 16.5. The van der Waals surface area contributed by atoms with E-state index in [0.717, 1.165) is 48.9 Å². The standard InChI is InChI=1S/C19H26N4O3/c1-19(8-3-4-11-26-19)18(24)20-17-16-14(22(2)21-17)6-5-7-15(16)23-9-12-25-13-10-23/h5-7H,3-4,8-13H2,1-2H3,(H,20,21,24)/t19-/m1/s1. The normalized spacial score (nSPS) is 24.0. The maximum atomic E-state index is 12.9. The van der Waals surface area contributed by atoms with Gasteiger partial charge in [0.2, 0.25) is 0 Å². The van der Waals surface area contributed by atoms with Crippen LogP contribution in [0, 0.1) is 0 Å². The van der Waals surface area contributed by atoms with Crippen molar-refractivity contribution in [3.05, 3.63) is 18.2 Å². The Balaban J connectivity index is 1.69. The van der Waals surface area contributed by atoms with Gasteiger partial charge in [-0.15, -0.1) is 0 Å². The first kappa shape index (κ1) is 17.3. The molecular formula is C19H26N4O3. The van der Waals surface area contributed by atoms with Crippen LogP contribution in [0.25, 0.3) is 10.9 Å². The van der Waals surface area contributed by atoms with Crippen molar-refractivity contribution in [3.63, 3.8) is 0 Å². The molecule has 7 nitrogen and oxygen atoms in total. The van der Waals surface area contributed by atoms with Crippen molar-refractivity contribution < 1.29 is 14.3 Å². The minimum Gasteiger partial charge on any atom is -0.378 e. The second kappa shape index (κ2) is 6.89. The summed E-state index contributed by atoms with van der Waals surface area (Å²) in [7, 11) is 1.90. The molecule has 2 saturated heterocycles. The van der Waals surface area contributed by atoms with E-state index in [1.165, 1.54) is 0 Å². The number of benzene rings is 1. The summed E-state index contributed by atoms with van der Waals surface area (Å²) < 4.78 is 13.1. The van der Waals surface area contributed by atoms with Gasteiger partial charge in [-0.1, -0.05) is 6.07 Å². The fourth-order valence-electron chi connectivity index (χ4n) is 3.80. The van der Waals surface area contributed by atoms with Gasteiger partial charge in [0, 0.05) is 26.7 Å². The highest BCUT2D eigenvalue weighted by Crippen LogP contribution is 2.34. The molecule has 7 heteroatoms. The van der Waals surface area contributed by atoms with Crippen LogP contribution in [0.15, 0.2) is 18.2 Å². The van der Waals surface area contributed by atoms with Crippen LogP contribution in [0.2, 0.25) is 0 Å². The summed E-state index contributed by atoms with van der Waals surface area (Å²) in [6, 6.07) is 6.15. The van der Waals surface area contributed by atoms with Crippen LogP contribution in [0.3, 0.4) is 0 Å². The molecule has 1 amide bonds. The zero-order chi connectivity index (χ0) is 18.1. The van der Waals surface area contributed by atoms with Gasteiger partial charge in [-0.25, -0.2) is 0 Å². The van der Waals surface area contributed by atoms with E-state index in [1.54, 1.807) is 0 Å². The Bertz CT molecular complexity index is 804. The first-order valence-corrected chi connectivity index (χ1v) is 9.32. The lowest BCUT2D eigenvalue weighted by molar-refractivity contribution is -0.144. The average molecular weight is 358 g/mol. The number of hydrogen-bond acceptors (Lipinski definition) is 5. The van der Waals surface area contributed by atoms with Crippen LogP contribution in [0.1, 0.15) is 26.2 Å². The highest BCUT2D eigenvalue weighted by Gasteiger charge is 2.37. The number of fused-ring (bicyclic) bond motifs is 1. The lowest BCUT2D eigenvalue weighted by atomic mass is 9.95. The van der Waals surface area contributed by atoms with Gasteiger partial charge in [0.25, 0.3) is 5.91 Å². The van der Waals surface area contributed by atoms with Crippen molar-refractivity contribution in [2.75, 3.05) is 43.1 Å². The van der Waals surface area contributed by atoms with E-state index in [4.69, 9.17) is 9.47 Å². The number of nitrogens with one attached hydrogen (secondary N) is 1. The third-order valence-electron chi connectivity index (χ3n) is 5.39. The van der Waals surface area contributed by atoms with E-state index in [0.29, 0.717) is 25.6 Å². The van der Waals surface area contributed by atoms with Crippen LogP contribution in [-0.4, -0.2) is 54.2 Å². The number of carbonyl (C=O) groups excluding carboxylic acids is 1. The number of nitrogens with zero attached hydrogens (tertiary/aromatic N) is 3. The molecule has 1 aromatic heterocycles. The number of ether oxygens (including phenoxy) is 2. The number of morpholine rings is 1. The Kier molecular flexibility index (Phi) is 4.58. The highest BCUT2D eigenvalue weighted by molar-refractivity contribution is 6.07. The largest absolute Gasteiger partial charge is 0.378 e. The molecule has 1 N–H and O–H groups in total. The molecule has 0 radical (unpaired) electrons. The first-order chi connectivity index (χ1) is 12.6. The second-order valence-corrected chi connectivity index (χ2v) is 7.23. The first-order valence-electron chi connectivity index (χ1n) is 9.32. The van der Waals surface area contributed by atoms with Crippen molar-refractivity contribution >= 4 is 28.3 Å². The monoisotopic (exact) mass is 358 g/mol. The SMILES string of the molecule is Cn1nc(NC(=O)[C@@]2(C)CCCCO2)c2c(N3CCOCC3)cccc21. The summed E-state index contributed by atoms with van der Waals surface area (Å²) in [5, 5.41) is 8.60. The van der Waals surface area contributed by atoms with Crippen molar-refractivity contribution in [3.8, 4) is 0 Å². The third-order valence-corrected chi connectivity index (χ3v) is 5.39. The number of aromatic nitrogens is 2. The van der Waals surface area contributed by atoms with Gasteiger partial charge in [0.05, 0.1) is 29.8 Å². The summed E-state index contributed by atoms with van der Waals surface area (Å²) in [5.41, 5.74) is 1.30. The molecule has 26 heavy (non-hydrogen) atoms. The molecule has 140 valence electrons. The molecule has 2 aliphatic heterocycles. The number of carbonyl (C=O) groups is 1. The van der Waals surface area contributed by atoms with E-state index in [9.17, 15) is 4.79 Å². The summed E-state index contributed by atoms with van der Waals surface area (Å²) in [5.74, 6) is 0.485. The van der Waals surface area contributed by atoms with E-state index in [-0.39, 0.29) is 5.91 Å². The Morgan fingerprint density at radius 3 is 2.77 bits per heavy atom. The van der Waals surface area contributed by atoms with Gasteiger partial charge in [-0.3, -0.25) is 9.48 Å². The van der Waals surface area contributed by atoms with E-state index in [1.807, 2.05) is 30.8 Å². The predicted octanol–water partition coefficient (Wildman–Crippen LogP) is 2.31. The molecule has 1 aromatic carbocycles. The Morgan fingerprint density at radius 2 is 2.04 bits per heavy atom. The molecule has 2 aromatic rings. The quantitative estimate of drug-likeness (QED) is 0.912. The number of rotatable bonds is 3. The Labute approximate surface area is 153 Å².